The molecule has 0 aliphatic carbocycles. The van der Waals surface area contributed by atoms with Crippen LogP contribution in [0.3, 0.4) is 0 Å². The summed E-state index contributed by atoms with van der Waals surface area (Å²) in [6.07, 6.45) is 1.85. The van der Waals surface area contributed by atoms with Crippen molar-refractivity contribution in [3.63, 3.8) is 0 Å². The van der Waals surface area contributed by atoms with E-state index in [-0.39, 0.29) is 11.3 Å². The highest BCUT2D eigenvalue weighted by Gasteiger charge is 2.31. The molecule has 0 unspecified atom stereocenters. The second-order valence-electron chi connectivity index (χ2n) is 8.17. The maximum atomic E-state index is 13.2. The van der Waals surface area contributed by atoms with Crippen molar-refractivity contribution in [2.24, 2.45) is 11.3 Å². The van der Waals surface area contributed by atoms with Gasteiger partial charge in [-0.25, -0.2) is 8.42 Å². The fourth-order valence-electron chi connectivity index (χ4n) is 2.98. The summed E-state index contributed by atoms with van der Waals surface area (Å²) < 4.78 is 33.2. The van der Waals surface area contributed by atoms with Gasteiger partial charge in [-0.15, -0.1) is 0 Å². The van der Waals surface area contributed by atoms with E-state index in [0.717, 1.165) is 19.4 Å². The lowest BCUT2D eigenvalue weighted by molar-refractivity contribution is -0.110. The Hall–Kier alpha value is -1.15. The Kier molecular flexibility index (Phi) is 9.21. The summed E-state index contributed by atoms with van der Waals surface area (Å²) in [5.74, 6) is 0.889. The van der Waals surface area contributed by atoms with Crippen molar-refractivity contribution < 1.29 is 18.0 Å². The summed E-state index contributed by atoms with van der Waals surface area (Å²) in [4.78, 5) is 5.45. The molecule has 0 aromatic heterocycles. The van der Waals surface area contributed by atoms with Gasteiger partial charge in [0.1, 0.15) is 5.75 Å². The summed E-state index contributed by atoms with van der Waals surface area (Å²) in [5, 5.41) is 1.79. The van der Waals surface area contributed by atoms with Crippen molar-refractivity contribution in [3.05, 3.63) is 24.3 Å². The van der Waals surface area contributed by atoms with E-state index in [1.807, 2.05) is 20.9 Å². The number of hydrogen-bond donors (Lipinski definition) is 0. The van der Waals surface area contributed by atoms with Crippen LogP contribution in [0.2, 0.25) is 0 Å². The van der Waals surface area contributed by atoms with E-state index < -0.39 is 10.0 Å². The number of benzene rings is 1. The second kappa shape index (κ2) is 10.4. The molecule has 0 N–H and O–H groups in total. The minimum Gasteiger partial charge on any atom is -0.497 e. The molecule has 0 fully saturated rings. The molecule has 1 aromatic carbocycles. The normalized spacial score (nSPS) is 13.0. The number of sulfonamides is 1. The summed E-state index contributed by atoms with van der Waals surface area (Å²) in [5.41, 5.74) is -0.136. The van der Waals surface area contributed by atoms with Gasteiger partial charge in [0.05, 0.1) is 19.1 Å². The van der Waals surface area contributed by atoms with Crippen LogP contribution in [-0.2, 0) is 14.9 Å². The van der Waals surface area contributed by atoms with E-state index in [1.165, 1.54) is 0 Å². The first-order chi connectivity index (χ1) is 12.5. The van der Waals surface area contributed by atoms with Gasteiger partial charge in [-0.2, -0.15) is 9.37 Å². The van der Waals surface area contributed by atoms with Gasteiger partial charge in [0.15, 0.2) is 0 Å². The van der Waals surface area contributed by atoms with Crippen molar-refractivity contribution in [2.45, 2.75) is 45.4 Å². The van der Waals surface area contributed by atoms with Crippen LogP contribution in [0.15, 0.2) is 29.2 Å². The number of hydrogen-bond acceptors (Lipinski definition) is 5. The highest BCUT2D eigenvalue weighted by atomic mass is 32.2. The van der Waals surface area contributed by atoms with E-state index in [2.05, 4.69) is 13.8 Å². The molecule has 0 saturated heterocycles. The van der Waals surface area contributed by atoms with Crippen molar-refractivity contribution in [2.75, 3.05) is 40.9 Å². The molecule has 0 saturated carbocycles. The summed E-state index contributed by atoms with van der Waals surface area (Å²) in [6, 6.07) is 6.60. The minimum absolute atomic E-state index is 0.136. The minimum atomic E-state index is -3.56. The van der Waals surface area contributed by atoms with Crippen LogP contribution in [0.4, 0.5) is 0 Å². The molecule has 156 valence electrons. The van der Waals surface area contributed by atoms with E-state index >= 15 is 0 Å². The monoisotopic (exact) mass is 400 g/mol. The molecule has 0 heterocycles. The first-order valence-corrected chi connectivity index (χ1v) is 10.9. The van der Waals surface area contributed by atoms with Gasteiger partial charge < -0.3 is 9.57 Å². The number of ether oxygens (including phenoxy) is 1. The smallest absolute Gasteiger partial charge is 0.243 e. The molecule has 7 heteroatoms. The Balaban J connectivity index is 2.95. The van der Waals surface area contributed by atoms with Crippen LogP contribution in [0.5, 0.6) is 5.75 Å². The fourth-order valence-corrected chi connectivity index (χ4v) is 4.77. The average molecular weight is 401 g/mol. The Morgan fingerprint density at radius 1 is 1.11 bits per heavy atom. The molecule has 0 bridgehead atoms. The van der Waals surface area contributed by atoms with E-state index in [9.17, 15) is 8.42 Å². The lowest BCUT2D eigenvalue weighted by atomic mass is 9.87. The molecular weight excluding hydrogens is 364 g/mol. The standard InChI is InChI=1S/C20H36N2O4S/c1-17(2)15-22(16-20(3,4)13-8-14-21(5)26-7)27(23,24)19-11-9-18(25-6)10-12-19/h9-12,17H,8,13-16H2,1-7H3. The zero-order valence-corrected chi connectivity index (χ0v) is 18.7. The van der Waals surface area contributed by atoms with Crippen molar-refractivity contribution in [3.8, 4) is 5.75 Å². The lowest BCUT2D eigenvalue weighted by Gasteiger charge is -2.33. The number of rotatable bonds is 12. The van der Waals surface area contributed by atoms with Crippen LogP contribution in [0, 0.1) is 11.3 Å². The van der Waals surface area contributed by atoms with Gasteiger partial charge in [-0.3, -0.25) is 0 Å². The summed E-state index contributed by atoms with van der Waals surface area (Å²) >= 11 is 0. The molecule has 0 spiro atoms. The van der Waals surface area contributed by atoms with Crippen LogP contribution >= 0.6 is 0 Å². The van der Waals surface area contributed by atoms with Crippen molar-refractivity contribution >= 4 is 10.0 Å². The Morgan fingerprint density at radius 2 is 1.70 bits per heavy atom. The lowest BCUT2D eigenvalue weighted by Crippen LogP contribution is -2.41. The quantitative estimate of drug-likeness (QED) is 0.501. The highest BCUT2D eigenvalue weighted by molar-refractivity contribution is 7.89. The molecule has 0 atom stereocenters. The van der Waals surface area contributed by atoms with Crippen molar-refractivity contribution in [1.82, 2.24) is 9.37 Å². The predicted octanol–water partition coefficient (Wildman–Crippen LogP) is 3.64. The molecule has 0 amide bonds. The number of hydroxylamine groups is 2. The van der Waals surface area contributed by atoms with Gasteiger partial charge in [-0.1, -0.05) is 27.7 Å². The number of nitrogens with zero attached hydrogens (tertiary/aromatic N) is 2. The third kappa shape index (κ3) is 7.78. The third-order valence-corrected chi connectivity index (χ3v) is 6.33. The predicted molar refractivity (Wildman–Crippen MR) is 109 cm³/mol. The average Bonchev–Trinajstić information content (AvgIpc) is 2.60. The van der Waals surface area contributed by atoms with E-state index in [4.69, 9.17) is 9.57 Å². The summed E-state index contributed by atoms with van der Waals surface area (Å²) in [6.45, 7) is 10.1. The zero-order chi connectivity index (χ0) is 20.7. The number of methoxy groups -OCH3 is 1. The van der Waals surface area contributed by atoms with Crippen LogP contribution in [0.25, 0.3) is 0 Å². The molecule has 0 aliphatic heterocycles. The van der Waals surface area contributed by atoms with Crippen molar-refractivity contribution in [1.29, 1.82) is 0 Å². The van der Waals surface area contributed by atoms with Gasteiger partial charge in [0.25, 0.3) is 0 Å². The maximum Gasteiger partial charge on any atom is 0.243 e. The fraction of sp³-hybridized carbons (Fsp3) is 0.700. The molecule has 1 rings (SSSR count). The van der Waals surface area contributed by atoms with Crippen LogP contribution in [-0.4, -0.2) is 58.7 Å². The highest BCUT2D eigenvalue weighted by Crippen LogP contribution is 2.28. The molecule has 27 heavy (non-hydrogen) atoms. The topological polar surface area (TPSA) is 59.1 Å². The van der Waals surface area contributed by atoms with Gasteiger partial charge in [0.2, 0.25) is 10.0 Å². The Labute approximate surface area is 165 Å². The first-order valence-electron chi connectivity index (χ1n) is 9.41. The van der Waals surface area contributed by atoms with E-state index in [1.54, 1.807) is 47.9 Å². The molecule has 0 radical (unpaired) electrons. The molecule has 1 aromatic rings. The van der Waals surface area contributed by atoms with Crippen LogP contribution < -0.4 is 4.74 Å². The largest absolute Gasteiger partial charge is 0.497 e. The molecule has 0 aliphatic rings. The zero-order valence-electron chi connectivity index (χ0n) is 17.9. The van der Waals surface area contributed by atoms with Gasteiger partial charge in [0, 0.05) is 26.7 Å². The SMILES string of the molecule is COc1ccc(S(=O)(=O)N(CC(C)C)CC(C)(C)CCCN(C)OC)cc1. The first kappa shape index (κ1) is 23.9. The summed E-state index contributed by atoms with van der Waals surface area (Å²) in [7, 11) is 1.55. The Bertz CT molecular complexity index is 657. The van der Waals surface area contributed by atoms with E-state index in [0.29, 0.717) is 23.7 Å². The second-order valence-corrected chi connectivity index (χ2v) is 10.1. The van der Waals surface area contributed by atoms with Gasteiger partial charge >= 0.3 is 0 Å². The molecule has 6 nitrogen and oxygen atoms in total. The van der Waals surface area contributed by atoms with Crippen LogP contribution in [0.1, 0.15) is 40.5 Å². The third-order valence-electron chi connectivity index (χ3n) is 4.51. The molecular formula is C20H36N2O4S. The Morgan fingerprint density at radius 3 is 2.19 bits per heavy atom. The van der Waals surface area contributed by atoms with Gasteiger partial charge in [-0.05, 0) is 48.4 Å². The maximum absolute atomic E-state index is 13.2.